The Kier molecular flexibility index (Phi) is 7.21. The normalized spacial score (nSPS) is 12.1. The van der Waals surface area contributed by atoms with Crippen molar-refractivity contribution in [2.45, 2.75) is 19.6 Å². The Morgan fingerprint density at radius 3 is 2.61 bits per heavy atom. The highest BCUT2D eigenvalue weighted by Gasteiger charge is 2.35. The average molecular weight is 482 g/mol. The molecule has 9 nitrogen and oxygen atoms in total. The SMILES string of the molecule is CCOc1ccc(-c2cc3[nH]c(CNCCNS(C)(=O)=O)nc3c(C#N)n2)cc1C(F)(F)F. The second-order valence-corrected chi connectivity index (χ2v) is 8.87. The van der Waals surface area contributed by atoms with Crippen LogP contribution in [-0.4, -0.2) is 49.3 Å². The quantitative estimate of drug-likeness (QED) is 0.399. The lowest BCUT2D eigenvalue weighted by Gasteiger charge is -2.14. The van der Waals surface area contributed by atoms with Gasteiger partial charge in [0, 0.05) is 18.7 Å². The molecule has 0 saturated heterocycles. The van der Waals surface area contributed by atoms with Crippen LogP contribution in [0.4, 0.5) is 13.2 Å². The molecule has 0 aliphatic rings. The van der Waals surface area contributed by atoms with Crippen LogP contribution < -0.4 is 14.8 Å². The molecule has 13 heteroatoms. The standard InChI is InChI=1S/C20H21F3N6O3S/c1-3-32-17-5-4-12(8-13(17)20(21,22)23)14-9-15-19(16(10-24)27-14)29-18(28-15)11-25-6-7-26-33(2,30)31/h4-5,8-9,25-26H,3,6-7,11H2,1-2H3,(H,28,29). The molecule has 3 rings (SSSR count). The largest absolute Gasteiger partial charge is 0.493 e. The number of halogens is 3. The van der Waals surface area contributed by atoms with Gasteiger partial charge in [-0.1, -0.05) is 0 Å². The van der Waals surface area contributed by atoms with Gasteiger partial charge >= 0.3 is 6.18 Å². The van der Waals surface area contributed by atoms with Crippen LogP contribution in [0.1, 0.15) is 24.0 Å². The molecular formula is C20H21F3N6O3S. The van der Waals surface area contributed by atoms with E-state index in [9.17, 15) is 26.9 Å². The van der Waals surface area contributed by atoms with Gasteiger partial charge in [-0.25, -0.2) is 23.1 Å². The zero-order chi connectivity index (χ0) is 24.2. The monoisotopic (exact) mass is 482 g/mol. The van der Waals surface area contributed by atoms with Crippen LogP contribution in [0.3, 0.4) is 0 Å². The number of hydrogen-bond acceptors (Lipinski definition) is 7. The number of alkyl halides is 3. The lowest BCUT2D eigenvalue weighted by Crippen LogP contribution is -2.30. The summed E-state index contributed by atoms with van der Waals surface area (Å²) in [5, 5.41) is 12.5. The molecule has 0 unspecified atom stereocenters. The van der Waals surface area contributed by atoms with Crippen molar-refractivity contribution >= 4 is 21.1 Å². The maximum absolute atomic E-state index is 13.5. The lowest BCUT2D eigenvalue weighted by atomic mass is 10.1. The van der Waals surface area contributed by atoms with Crippen LogP contribution in [0.5, 0.6) is 5.75 Å². The van der Waals surface area contributed by atoms with Crippen molar-refractivity contribution in [1.82, 2.24) is 25.0 Å². The minimum Gasteiger partial charge on any atom is -0.493 e. The molecule has 0 fully saturated rings. The van der Waals surface area contributed by atoms with Gasteiger partial charge < -0.3 is 15.0 Å². The Balaban J connectivity index is 1.89. The number of aromatic amines is 1. The maximum Gasteiger partial charge on any atom is 0.419 e. The van der Waals surface area contributed by atoms with E-state index >= 15 is 0 Å². The third-order valence-corrected chi connectivity index (χ3v) is 5.19. The number of sulfonamides is 1. The van der Waals surface area contributed by atoms with Crippen LogP contribution in [0, 0.1) is 11.3 Å². The number of nitriles is 1. The molecule has 0 radical (unpaired) electrons. The summed E-state index contributed by atoms with van der Waals surface area (Å²) < 4.78 is 70.0. The number of H-pyrrole nitrogens is 1. The Labute approximate surface area is 188 Å². The van der Waals surface area contributed by atoms with Gasteiger partial charge in [0.15, 0.2) is 5.69 Å². The van der Waals surface area contributed by atoms with E-state index in [2.05, 4.69) is 25.0 Å². The Morgan fingerprint density at radius 2 is 1.97 bits per heavy atom. The van der Waals surface area contributed by atoms with Gasteiger partial charge in [0.05, 0.1) is 36.2 Å². The van der Waals surface area contributed by atoms with E-state index in [1.165, 1.54) is 18.2 Å². The van der Waals surface area contributed by atoms with Gasteiger partial charge in [-0.05, 0) is 31.2 Å². The fourth-order valence-electron chi connectivity index (χ4n) is 3.10. The van der Waals surface area contributed by atoms with Gasteiger partial charge in [-0.2, -0.15) is 18.4 Å². The van der Waals surface area contributed by atoms with E-state index in [-0.39, 0.29) is 47.9 Å². The smallest absolute Gasteiger partial charge is 0.419 e. The molecule has 0 aliphatic heterocycles. The number of nitrogens with one attached hydrogen (secondary N) is 3. The lowest BCUT2D eigenvalue weighted by molar-refractivity contribution is -0.138. The summed E-state index contributed by atoms with van der Waals surface area (Å²) in [6.45, 7) is 2.45. The van der Waals surface area contributed by atoms with Crippen LogP contribution >= 0.6 is 0 Å². The molecule has 0 saturated carbocycles. The highest BCUT2D eigenvalue weighted by atomic mass is 32.2. The van der Waals surface area contributed by atoms with Crippen LogP contribution in [-0.2, 0) is 22.7 Å². The molecule has 0 bridgehead atoms. The fraction of sp³-hybridized carbons (Fsp3) is 0.350. The van der Waals surface area contributed by atoms with E-state index in [0.717, 1.165) is 12.3 Å². The second kappa shape index (κ2) is 9.74. The van der Waals surface area contributed by atoms with Crippen molar-refractivity contribution < 1.29 is 26.3 Å². The van der Waals surface area contributed by atoms with Crippen molar-refractivity contribution in [3.63, 3.8) is 0 Å². The van der Waals surface area contributed by atoms with Gasteiger partial charge in [-0.3, -0.25) is 0 Å². The molecule has 2 aromatic heterocycles. The zero-order valence-corrected chi connectivity index (χ0v) is 18.6. The number of nitrogens with zero attached hydrogens (tertiary/aromatic N) is 3. The zero-order valence-electron chi connectivity index (χ0n) is 17.7. The fourth-order valence-corrected chi connectivity index (χ4v) is 3.57. The molecule has 1 aromatic carbocycles. The number of benzene rings is 1. The Bertz CT molecular complexity index is 1300. The Morgan fingerprint density at radius 1 is 1.21 bits per heavy atom. The molecule has 3 N–H and O–H groups in total. The topological polar surface area (TPSA) is 133 Å². The van der Waals surface area contributed by atoms with Crippen LogP contribution in [0.2, 0.25) is 0 Å². The average Bonchev–Trinajstić information content (AvgIpc) is 3.14. The number of ether oxygens (including phenoxy) is 1. The molecule has 0 amide bonds. The molecule has 0 spiro atoms. The van der Waals surface area contributed by atoms with Crippen molar-refractivity contribution in [3.05, 3.63) is 41.3 Å². The minimum absolute atomic E-state index is 0.0359. The van der Waals surface area contributed by atoms with E-state index in [1.807, 2.05) is 6.07 Å². The number of fused-ring (bicyclic) bond motifs is 1. The molecule has 176 valence electrons. The number of aromatic nitrogens is 3. The van der Waals surface area contributed by atoms with Gasteiger partial charge in [-0.15, -0.1) is 0 Å². The van der Waals surface area contributed by atoms with Gasteiger partial charge in [0.2, 0.25) is 10.0 Å². The summed E-state index contributed by atoms with van der Waals surface area (Å²) in [4.78, 5) is 11.5. The third-order valence-electron chi connectivity index (χ3n) is 4.46. The van der Waals surface area contributed by atoms with Gasteiger partial charge in [0.1, 0.15) is 23.2 Å². The van der Waals surface area contributed by atoms with Crippen molar-refractivity contribution in [2.75, 3.05) is 26.0 Å². The van der Waals surface area contributed by atoms with Crippen molar-refractivity contribution in [2.24, 2.45) is 0 Å². The first kappa shape index (κ1) is 24.4. The van der Waals surface area contributed by atoms with Crippen LogP contribution in [0.15, 0.2) is 24.3 Å². The summed E-state index contributed by atoms with van der Waals surface area (Å²) in [6, 6.07) is 7.06. The third kappa shape index (κ3) is 6.19. The summed E-state index contributed by atoms with van der Waals surface area (Å²) in [5.74, 6) is 0.179. The summed E-state index contributed by atoms with van der Waals surface area (Å²) in [6.07, 6.45) is -3.57. The maximum atomic E-state index is 13.5. The molecule has 0 atom stereocenters. The highest BCUT2D eigenvalue weighted by molar-refractivity contribution is 7.88. The van der Waals surface area contributed by atoms with Crippen LogP contribution in [0.25, 0.3) is 22.3 Å². The molecule has 2 heterocycles. The second-order valence-electron chi connectivity index (χ2n) is 7.03. The number of imidazole rings is 1. The first-order chi connectivity index (χ1) is 15.5. The minimum atomic E-state index is -4.62. The predicted octanol–water partition coefficient (Wildman–Crippen LogP) is 2.55. The van der Waals surface area contributed by atoms with Crippen molar-refractivity contribution in [1.29, 1.82) is 5.26 Å². The summed E-state index contributed by atoms with van der Waals surface area (Å²) in [5.41, 5.74) is 0.100. The van der Waals surface area contributed by atoms with E-state index in [4.69, 9.17) is 4.74 Å². The highest BCUT2D eigenvalue weighted by Crippen LogP contribution is 2.39. The summed E-state index contributed by atoms with van der Waals surface area (Å²) >= 11 is 0. The van der Waals surface area contributed by atoms with E-state index in [1.54, 1.807) is 6.92 Å². The van der Waals surface area contributed by atoms with E-state index in [0.29, 0.717) is 17.9 Å². The predicted molar refractivity (Wildman–Crippen MR) is 115 cm³/mol. The summed E-state index contributed by atoms with van der Waals surface area (Å²) in [7, 11) is -3.28. The van der Waals surface area contributed by atoms with Gasteiger partial charge in [0.25, 0.3) is 0 Å². The number of pyridine rings is 1. The number of hydrogen-bond donors (Lipinski definition) is 3. The molecule has 0 aliphatic carbocycles. The molecule has 33 heavy (non-hydrogen) atoms. The first-order valence-corrected chi connectivity index (χ1v) is 11.7. The Hall–Kier alpha value is -3.21. The van der Waals surface area contributed by atoms with E-state index < -0.39 is 21.8 Å². The molecule has 3 aromatic rings. The van der Waals surface area contributed by atoms with Crippen molar-refractivity contribution in [3.8, 4) is 23.1 Å². The molecular weight excluding hydrogens is 461 g/mol. The first-order valence-electron chi connectivity index (χ1n) is 9.81. The number of rotatable bonds is 9.